The van der Waals surface area contributed by atoms with Gasteiger partial charge in [-0.1, -0.05) is 11.6 Å². The van der Waals surface area contributed by atoms with Gasteiger partial charge in [-0.25, -0.2) is 4.39 Å². The molecule has 0 saturated carbocycles. The molecule has 1 heterocycles. The highest BCUT2D eigenvalue weighted by Crippen LogP contribution is 2.33. The summed E-state index contributed by atoms with van der Waals surface area (Å²) in [7, 11) is 0. The molecule has 3 nitrogen and oxygen atoms in total. The SMILES string of the molecule is Cc1ccc(F)c(-c2ccnc(C)c2N=O)c1. The van der Waals surface area contributed by atoms with Gasteiger partial charge in [0.15, 0.2) is 0 Å². The fraction of sp³-hybridized carbons (Fsp3) is 0.154. The summed E-state index contributed by atoms with van der Waals surface area (Å²) in [6.45, 7) is 3.54. The predicted molar refractivity (Wildman–Crippen MR) is 64.6 cm³/mol. The van der Waals surface area contributed by atoms with Crippen LogP contribution in [0.1, 0.15) is 11.3 Å². The third kappa shape index (κ3) is 2.06. The first-order valence-corrected chi connectivity index (χ1v) is 5.19. The van der Waals surface area contributed by atoms with Crippen molar-refractivity contribution >= 4 is 5.69 Å². The number of rotatable bonds is 2. The van der Waals surface area contributed by atoms with E-state index >= 15 is 0 Å². The first-order valence-electron chi connectivity index (χ1n) is 5.19. The highest BCUT2D eigenvalue weighted by Gasteiger charge is 2.13. The maximum absolute atomic E-state index is 13.7. The van der Waals surface area contributed by atoms with Gasteiger partial charge in [0.05, 0.1) is 5.69 Å². The Morgan fingerprint density at radius 3 is 2.65 bits per heavy atom. The standard InChI is InChI=1S/C13H11FN2O/c1-8-3-4-12(14)11(7-8)10-5-6-15-9(2)13(10)16-17/h3-7H,1-2H3. The Hall–Kier alpha value is -2.10. The average molecular weight is 230 g/mol. The van der Waals surface area contributed by atoms with Crippen LogP contribution in [0, 0.1) is 24.6 Å². The molecule has 2 rings (SSSR count). The second-order valence-corrected chi connectivity index (χ2v) is 3.87. The molecule has 0 unspecified atom stereocenters. The van der Waals surface area contributed by atoms with Crippen LogP contribution >= 0.6 is 0 Å². The molecule has 4 heteroatoms. The van der Waals surface area contributed by atoms with Crippen molar-refractivity contribution in [1.82, 2.24) is 4.98 Å². The van der Waals surface area contributed by atoms with Crippen molar-refractivity contribution in [3.63, 3.8) is 0 Å². The highest BCUT2D eigenvalue weighted by atomic mass is 19.1. The molecule has 1 aromatic heterocycles. The quantitative estimate of drug-likeness (QED) is 0.734. The number of nitroso groups, excluding NO2 is 1. The van der Waals surface area contributed by atoms with E-state index in [0.717, 1.165) is 5.56 Å². The van der Waals surface area contributed by atoms with Crippen LogP contribution in [0.3, 0.4) is 0 Å². The molecule has 86 valence electrons. The molecule has 2 aromatic rings. The predicted octanol–water partition coefficient (Wildman–Crippen LogP) is 3.90. The summed E-state index contributed by atoms with van der Waals surface area (Å²) >= 11 is 0. The minimum atomic E-state index is -0.369. The van der Waals surface area contributed by atoms with Gasteiger partial charge in [-0.3, -0.25) is 4.98 Å². The van der Waals surface area contributed by atoms with Crippen LogP contribution in [-0.4, -0.2) is 4.98 Å². The lowest BCUT2D eigenvalue weighted by Crippen LogP contribution is -1.90. The van der Waals surface area contributed by atoms with Crippen molar-refractivity contribution in [2.75, 3.05) is 0 Å². The van der Waals surface area contributed by atoms with Gasteiger partial charge in [0.25, 0.3) is 0 Å². The molecule has 0 fully saturated rings. The molecule has 0 amide bonds. The molecule has 17 heavy (non-hydrogen) atoms. The van der Waals surface area contributed by atoms with Gasteiger partial charge in [0.1, 0.15) is 11.5 Å². The van der Waals surface area contributed by atoms with E-state index in [2.05, 4.69) is 10.2 Å². The van der Waals surface area contributed by atoms with Gasteiger partial charge in [-0.2, -0.15) is 0 Å². The normalized spacial score (nSPS) is 10.3. The topological polar surface area (TPSA) is 42.3 Å². The van der Waals surface area contributed by atoms with Crippen molar-refractivity contribution in [2.45, 2.75) is 13.8 Å². The molecular weight excluding hydrogens is 219 g/mol. The van der Waals surface area contributed by atoms with Crippen molar-refractivity contribution in [3.05, 3.63) is 52.4 Å². The van der Waals surface area contributed by atoms with Crippen LogP contribution in [0.5, 0.6) is 0 Å². The molecule has 1 aromatic carbocycles. The zero-order valence-corrected chi connectivity index (χ0v) is 9.57. The van der Waals surface area contributed by atoms with Gasteiger partial charge in [0.2, 0.25) is 0 Å². The molecule has 0 N–H and O–H groups in total. The van der Waals surface area contributed by atoms with Crippen LogP contribution < -0.4 is 0 Å². The van der Waals surface area contributed by atoms with E-state index in [9.17, 15) is 9.30 Å². The first-order chi connectivity index (χ1) is 8.13. The van der Waals surface area contributed by atoms with Crippen LogP contribution in [0.15, 0.2) is 35.6 Å². The number of halogens is 1. The van der Waals surface area contributed by atoms with E-state index in [1.54, 1.807) is 31.3 Å². The summed E-state index contributed by atoms with van der Waals surface area (Å²) < 4.78 is 13.7. The third-order valence-corrected chi connectivity index (χ3v) is 2.61. The minimum Gasteiger partial charge on any atom is -0.259 e. The Morgan fingerprint density at radius 1 is 1.18 bits per heavy atom. The molecule has 0 atom stereocenters. The van der Waals surface area contributed by atoms with E-state index in [-0.39, 0.29) is 11.5 Å². The fourth-order valence-corrected chi connectivity index (χ4v) is 1.74. The first kappa shape index (κ1) is 11.4. The van der Waals surface area contributed by atoms with E-state index in [4.69, 9.17) is 0 Å². The number of aryl methyl sites for hydroxylation is 2. The Morgan fingerprint density at radius 2 is 1.94 bits per heavy atom. The lowest BCUT2D eigenvalue weighted by molar-refractivity contribution is 0.631. The molecule has 0 aliphatic carbocycles. The lowest BCUT2D eigenvalue weighted by atomic mass is 10.0. The van der Waals surface area contributed by atoms with E-state index in [1.807, 2.05) is 6.92 Å². The monoisotopic (exact) mass is 230 g/mol. The highest BCUT2D eigenvalue weighted by molar-refractivity contribution is 5.77. The van der Waals surface area contributed by atoms with E-state index in [1.165, 1.54) is 6.07 Å². The molecule has 0 aliphatic heterocycles. The van der Waals surface area contributed by atoms with Gasteiger partial charge in [-0.05, 0) is 37.2 Å². The van der Waals surface area contributed by atoms with Crippen molar-refractivity contribution in [2.24, 2.45) is 5.18 Å². The molecule has 0 aliphatic rings. The molecule has 0 bridgehead atoms. The number of aromatic nitrogens is 1. The summed E-state index contributed by atoms with van der Waals surface area (Å²) in [6, 6.07) is 6.36. The fourth-order valence-electron chi connectivity index (χ4n) is 1.74. The summed E-state index contributed by atoms with van der Waals surface area (Å²) in [5.74, 6) is -0.369. The number of nitrogens with zero attached hydrogens (tertiary/aromatic N) is 2. The minimum absolute atomic E-state index is 0.192. The Kier molecular flexibility index (Phi) is 2.95. The van der Waals surface area contributed by atoms with Crippen molar-refractivity contribution < 1.29 is 4.39 Å². The summed E-state index contributed by atoms with van der Waals surface area (Å²) in [4.78, 5) is 14.8. The zero-order chi connectivity index (χ0) is 12.4. The molecule has 0 radical (unpaired) electrons. The zero-order valence-electron chi connectivity index (χ0n) is 9.57. The van der Waals surface area contributed by atoms with Crippen LogP contribution in [0.4, 0.5) is 10.1 Å². The van der Waals surface area contributed by atoms with Gasteiger partial charge < -0.3 is 0 Å². The van der Waals surface area contributed by atoms with E-state index in [0.29, 0.717) is 16.8 Å². The third-order valence-electron chi connectivity index (χ3n) is 2.61. The smallest absolute Gasteiger partial charge is 0.137 e. The number of hydrogen-bond acceptors (Lipinski definition) is 3. The van der Waals surface area contributed by atoms with Crippen LogP contribution in [0.25, 0.3) is 11.1 Å². The molecular formula is C13H11FN2O. The number of hydrogen-bond donors (Lipinski definition) is 0. The Balaban J connectivity index is 2.72. The van der Waals surface area contributed by atoms with Gasteiger partial charge in [0, 0.05) is 17.3 Å². The summed E-state index contributed by atoms with van der Waals surface area (Å²) in [5.41, 5.74) is 2.47. The van der Waals surface area contributed by atoms with E-state index < -0.39 is 0 Å². The maximum Gasteiger partial charge on any atom is 0.137 e. The maximum atomic E-state index is 13.7. The van der Waals surface area contributed by atoms with Crippen molar-refractivity contribution in [1.29, 1.82) is 0 Å². The lowest BCUT2D eigenvalue weighted by Gasteiger charge is -2.07. The Labute approximate surface area is 98.3 Å². The number of benzene rings is 1. The van der Waals surface area contributed by atoms with Gasteiger partial charge >= 0.3 is 0 Å². The summed E-state index contributed by atoms with van der Waals surface area (Å²) in [5, 5.41) is 2.94. The summed E-state index contributed by atoms with van der Waals surface area (Å²) in [6.07, 6.45) is 1.54. The molecule has 0 spiro atoms. The van der Waals surface area contributed by atoms with Gasteiger partial charge in [-0.15, -0.1) is 4.91 Å². The van der Waals surface area contributed by atoms with Crippen LogP contribution in [0.2, 0.25) is 0 Å². The van der Waals surface area contributed by atoms with Crippen LogP contribution in [-0.2, 0) is 0 Å². The molecule has 0 saturated heterocycles. The van der Waals surface area contributed by atoms with Crippen molar-refractivity contribution in [3.8, 4) is 11.1 Å². The second-order valence-electron chi connectivity index (χ2n) is 3.87. The Bertz CT molecular complexity index is 582. The second kappa shape index (κ2) is 4.41. The number of pyridine rings is 1. The largest absolute Gasteiger partial charge is 0.259 e. The average Bonchev–Trinajstić information content (AvgIpc) is 2.32.